The van der Waals surface area contributed by atoms with Crippen LogP contribution in [0.4, 0.5) is 11.4 Å². The van der Waals surface area contributed by atoms with Gasteiger partial charge in [-0.1, -0.05) is 30.3 Å². The van der Waals surface area contributed by atoms with Gasteiger partial charge in [-0.25, -0.2) is 0 Å². The lowest BCUT2D eigenvalue weighted by Crippen LogP contribution is -2.15. The number of carbonyl (C=O) groups excluding carboxylic acids is 1. The molecule has 156 valence electrons. The first-order valence-electron chi connectivity index (χ1n) is 9.87. The maximum Gasteiger partial charge on any atom is 0.256 e. The standard InChI is InChI=1S/C25H23N3O3/c1-16-13-21(26)20-14-18(11-12-22(20)27-16)28-25(29)19-8-4-3-7-17(19)15-31-24-10-6-5-9-23(24)30-2/h3-14H,15H2,1-2H3,(H2,26,27)(H,28,29). The Morgan fingerprint density at radius 3 is 2.55 bits per heavy atom. The molecule has 0 saturated heterocycles. The molecule has 0 spiro atoms. The van der Waals surface area contributed by atoms with Crippen molar-refractivity contribution in [3.63, 3.8) is 0 Å². The number of anilines is 2. The van der Waals surface area contributed by atoms with Crippen molar-refractivity contribution in [2.75, 3.05) is 18.2 Å². The van der Waals surface area contributed by atoms with Gasteiger partial charge in [0.15, 0.2) is 11.5 Å². The fourth-order valence-corrected chi connectivity index (χ4v) is 3.43. The number of para-hydroxylation sites is 2. The third kappa shape index (κ3) is 4.43. The lowest BCUT2D eigenvalue weighted by atomic mass is 10.1. The summed E-state index contributed by atoms with van der Waals surface area (Å²) in [6.07, 6.45) is 0. The second kappa shape index (κ2) is 8.75. The molecule has 3 aromatic carbocycles. The Balaban J connectivity index is 1.55. The van der Waals surface area contributed by atoms with Crippen molar-refractivity contribution in [1.82, 2.24) is 4.98 Å². The number of amides is 1. The summed E-state index contributed by atoms with van der Waals surface area (Å²) in [5.74, 6) is 1.03. The van der Waals surface area contributed by atoms with Gasteiger partial charge in [0.2, 0.25) is 0 Å². The van der Waals surface area contributed by atoms with Gasteiger partial charge in [-0.2, -0.15) is 0 Å². The lowest BCUT2D eigenvalue weighted by Gasteiger charge is -2.13. The summed E-state index contributed by atoms with van der Waals surface area (Å²) in [7, 11) is 1.59. The van der Waals surface area contributed by atoms with Gasteiger partial charge in [0.05, 0.1) is 12.6 Å². The molecule has 1 amide bonds. The minimum atomic E-state index is -0.225. The van der Waals surface area contributed by atoms with Crippen LogP contribution in [0.5, 0.6) is 11.5 Å². The summed E-state index contributed by atoms with van der Waals surface area (Å²) in [6, 6.07) is 22.1. The minimum Gasteiger partial charge on any atom is -0.493 e. The number of aromatic nitrogens is 1. The molecule has 1 aromatic heterocycles. The average Bonchev–Trinajstić information content (AvgIpc) is 2.78. The Bertz CT molecular complexity index is 1250. The van der Waals surface area contributed by atoms with Crippen LogP contribution in [0.2, 0.25) is 0 Å². The SMILES string of the molecule is COc1ccccc1OCc1ccccc1C(=O)Nc1ccc2nc(C)cc(N)c2c1. The highest BCUT2D eigenvalue weighted by atomic mass is 16.5. The summed E-state index contributed by atoms with van der Waals surface area (Å²) >= 11 is 0. The quantitative estimate of drug-likeness (QED) is 0.466. The van der Waals surface area contributed by atoms with Crippen LogP contribution < -0.4 is 20.5 Å². The smallest absolute Gasteiger partial charge is 0.256 e. The van der Waals surface area contributed by atoms with Crippen LogP contribution in [-0.4, -0.2) is 18.0 Å². The predicted octanol–water partition coefficient (Wildman–Crippen LogP) is 4.97. The highest BCUT2D eigenvalue weighted by Crippen LogP contribution is 2.28. The van der Waals surface area contributed by atoms with E-state index in [2.05, 4.69) is 10.3 Å². The van der Waals surface area contributed by atoms with Crippen molar-refractivity contribution in [3.05, 3.63) is 89.6 Å². The fourth-order valence-electron chi connectivity index (χ4n) is 3.43. The molecule has 0 aliphatic rings. The summed E-state index contributed by atoms with van der Waals surface area (Å²) < 4.78 is 11.2. The molecule has 0 fully saturated rings. The number of methoxy groups -OCH3 is 1. The number of hydrogen-bond donors (Lipinski definition) is 2. The highest BCUT2D eigenvalue weighted by Gasteiger charge is 2.13. The molecule has 1 heterocycles. The van der Waals surface area contributed by atoms with Crippen molar-refractivity contribution in [3.8, 4) is 11.5 Å². The van der Waals surface area contributed by atoms with Crippen LogP contribution in [0.15, 0.2) is 72.8 Å². The van der Waals surface area contributed by atoms with Gasteiger partial charge >= 0.3 is 0 Å². The largest absolute Gasteiger partial charge is 0.493 e. The number of pyridine rings is 1. The van der Waals surface area contributed by atoms with E-state index in [9.17, 15) is 4.79 Å². The van der Waals surface area contributed by atoms with Crippen LogP contribution in [0.25, 0.3) is 10.9 Å². The molecule has 0 atom stereocenters. The maximum absolute atomic E-state index is 13.0. The molecule has 0 unspecified atom stereocenters. The monoisotopic (exact) mass is 413 g/mol. The zero-order chi connectivity index (χ0) is 21.8. The van der Waals surface area contributed by atoms with Gasteiger partial charge in [-0.3, -0.25) is 9.78 Å². The number of hydrogen-bond acceptors (Lipinski definition) is 5. The van der Waals surface area contributed by atoms with E-state index in [-0.39, 0.29) is 12.5 Å². The molecule has 3 N–H and O–H groups in total. The van der Waals surface area contributed by atoms with Gasteiger partial charge in [0, 0.05) is 33.6 Å². The number of carbonyl (C=O) groups is 1. The second-order valence-electron chi connectivity index (χ2n) is 7.14. The van der Waals surface area contributed by atoms with Crippen molar-refractivity contribution in [1.29, 1.82) is 0 Å². The third-order valence-electron chi connectivity index (χ3n) is 4.94. The first kappa shape index (κ1) is 20.2. The summed E-state index contributed by atoms with van der Waals surface area (Å²) in [6.45, 7) is 2.13. The zero-order valence-electron chi connectivity index (χ0n) is 17.4. The van der Waals surface area contributed by atoms with E-state index in [0.717, 1.165) is 22.2 Å². The number of rotatable bonds is 6. The molecular formula is C25H23N3O3. The van der Waals surface area contributed by atoms with Gasteiger partial charge in [0.25, 0.3) is 5.91 Å². The van der Waals surface area contributed by atoms with E-state index in [4.69, 9.17) is 15.2 Å². The Kier molecular flexibility index (Phi) is 5.71. The molecular weight excluding hydrogens is 390 g/mol. The fraction of sp³-hybridized carbons (Fsp3) is 0.120. The number of nitrogen functional groups attached to an aromatic ring is 1. The molecule has 0 radical (unpaired) electrons. The van der Waals surface area contributed by atoms with Crippen molar-refractivity contribution >= 4 is 28.2 Å². The molecule has 6 heteroatoms. The number of ether oxygens (including phenoxy) is 2. The number of nitrogens with zero attached hydrogens (tertiary/aromatic N) is 1. The van der Waals surface area contributed by atoms with Crippen molar-refractivity contribution in [2.45, 2.75) is 13.5 Å². The number of benzene rings is 3. The topological polar surface area (TPSA) is 86.5 Å². The van der Waals surface area contributed by atoms with Crippen LogP contribution in [-0.2, 0) is 6.61 Å². The predicted molar refractivity (Wildman–Crippen MR) is 123 cm³/mol. The molecule has 0 bridgehead atoms. The Morgan fingerprint density at radius 1 is 1.00 bits per heavy atom. The number of aryl methyl sites for hydroxylation is 1. The van der Waals surface area contributed by atoms with E-state index in [0.29, 0.717) is 28.4 Å². The lowest BCUT2D eigenvalue weighted by molar-refractivity contribution is 0.102. The normalized spacial score (nSPS) is 10.6. The third-order valence-corrected chi connectivity index (χ3v) is 4.94. The van der Waals surface area contributed by atoms with Gasteiger partial charge in [-0.05, 0) is 49.4 Å². The summed E-state index contributed by atoms with van der Waals surface area (Å²) in [4.78, 5) is 17.5. The van der Waals surface area contributed by atoms with Gasteiger partial charge in [0.1, 0.15) is 6.61 Å². The van der Waals surface area contributed by atoms with Crippen LogP contribution in [0.3, 0.4) is 0 Å². The van der Waals surface area contributed by atoms with Gasteiger partial charge in [-0.15, -0.1) is 0 Å². The van der Waals surface area contributed by atoms with Crippen molar-refractivity contribution in [2.24, 2.45) is 0 Å². The maximum atomic E-state index is 13.0. The molecule has 0 saturated carbocycles. The average molecular weight is 413 g/mol. The first-order chi connectivity index (χ1) is 15.0. The second-order valence-corrected chi connectivity index (χ2v) is 7.14. The number of fused-ring (bicyclic) bond motifs is 1. The minimum absolute atomic E-state index is 0.225. The van der Waals surface area contributed by atoms with Crippen LogP contribution in [0, 0.1) is 6.92 Å². The van der Waals surface area contributed by atoms with E-state index < -0.39 is 0 Å². The Hall–Kier alpha value is -4.06. The zero-order valence-corrected chi connectivity index (χ0v) is 17.4. The van der Waals surface area contributed by atoms with E-state index in [1.807, 2.05) is 73.7 Å². The van der Waals surface area contributed by atoms with Crippen molar-refractivity contribution < 1.29 is 14.3 Å². The highest BCUT2D eigenvalue weighted by molar-refractivity contribution is 6.06. The molecule has 4 aromatic rings. The van der Waals surface area contributed by atoms with Gasteiger partial charge < -0.3 is 20.5 Å². The molecule has 31 heavy (non-hydrogen) atoms. The first-order valence-corrected chi connectivity index (χ1v) is 9.87. The molecule has 6 nitrogen and oxygen atoms in total. The van der Waals surface area contributed by atoms with Crippen LogP contribution >= 0.6 is 0 Å². The van der Waals surface area contributed by atoms with E-state index >= 15 is 0 Å². The number of nitrogens with one attached hydrogen (secondary N) is 1. The summed E-state index contributed by atoms with van der Waals surface area (Å²) in [5.41, 5.74) is 10.4. The Labute approximate surface area is 180 Å². The van der Waals surface area contributed by atoms with E-state index in [1.54, 1.807) is 13.2 Å². The van der Waals surface area contributed by atoms with Crippen LogP contribution in [0.1, 0.15) is 21.6 Å². The molecule has 0 aliphatic heterocycles. The van der Waals surface area contributed by atoms with E-state index in [1.165, 1.54) is 0 Å². The Morgan fingerprint density at radius 2 is 1.74 bits per heavy atom. The number of nitrogens with two attached hydrogens (primary N) is 1. The molecule has 4 rings (SSSR count). The summed E-state index contributed by atoms with van der Waals surface area (Å²) in [5, 5.41) is 3.75. The molecule has 0 aliphatic carbocycles.